The van der Waals surface area contributed by atoms with Crippen LogP contribution in [0.2, 0.25) is 0 Å². The summed E-state index contributed by atoms with van der Waals surface area (Å²) in [4.78, 5) is 12.3. The molecule has 2 aromatic heterocycles. The third-order valence-corrected chi connectivity index (χ3v) is 6.43. The van der Waals surface area contributed by atoms with Gasteiger partial charge in [0.05, 0.1) is 26.9 Å². The summed E-state index contributed by atoms with van der Waals surface area (Å²) in [5, 5.41) is 15.3. The normalized spacial score (nSPS) is 15.0. The molecule has 0 radical (unpaired) electrons. The maximum atomic E-state index is 12.4. The molecule has 0 atom stereocenters. The highest BCUT2D eigenvalue weighted by atomic mass is 32.2. The minimum Gasteiger partial charge on any atom is -0.476 e. The van der Waals surface area contributed by atoms with E-state index in [2.05, 4.69) is 5.10 Å². The first-order valence-corrected chi connectivity index (χ1v) is 9.23. The number of sulfone groups is 1. The van der Waals surface area contributed by atoms with Crippen molar-refractivity contribution in [1.29, 1.82) is 0 Å². The molecule has 1 N–H and O–H groups in total. The van der Waals surface area contributed by atoms with Crippen LogP contribution in [0.1, 0.15) is 16.1 Å². The number of thiophene rings is 1. The standard InChI is InChI=1S/C15H10N2O4S2/c18-15(19)12-10-8-23(20,21)11-6-7-22-14(11)13(10)17(16-12)9-4-2-1-3-5-9/h1-7H,8H2,(H,18,19). The fourth-order valence-corrected chi connectivity index (χ4v) is 5.65. The molecule has 1 aliphatic heterocycles. The van der Waals surface area contributed by atoms with E-state index in [4.69, 9.17) is 0 Å². The highest BCUT2D eigenvalue weighted by Crippen LogP contribution is 2.43. The molecule has 0 saturated carbocycles. The third-order valence-electron chi connectivity index (χ3n) is 3.70. The molecule has 8 heteroatoms. The number of carboxylic acids is 1. The Morgan fingerprint density at radius 3 is 2.65 bits per heavy atom. The van der Waals surface area contributed by atoms with Crippen molar-refractivity contribution in [1.82, 2.24) is 9.78 Å². The monoisotopic (exact) mass is 346 g/mol. The zero-order chi connectivity index (χ0) is 16.2. The molecule has 0 aliphatic carbocycles. The zero-order valence-corrected chi connectivity index (χ0v) is 13.3. The summed E-state index contributed by atoms with van der Waals surface area (Å²) in [5.41, 5.74) is 1.27. The van der Waals surface area contributed by atoms with E-state index in [0.717, 1.165) is 0 Å². The van der Waals surface area contributed by atoms with Crippen molar-refractivity contribution in [2.24, 2.45) is 0 Å². The van der Waals surface area contributed by atoms with Crippen LogP contribution in [0.15, 0.2) is 46.7 Å². The lowest BCUT2D eigenvalue weighted by Crippen LogP contribution is -2.13. The van der Waals surface area contributed by atoms with Gasteiger partial charge in [-0.25, -0.2) is 17.9 Å². The molecule has 0 fully saturated rings. The van der Waals surface area contributed by atoms with Gasteiger partial charge >= 0.3 is 5.97 Å². The number of hydrogen-bond donors (Lipinski definition) is 1. The van der Waals surface area contributed by atoms with Crippen molar-refractivity contribution in [3.8, 4) is 16.3 Å². The van der Waals surface area contributed by atoms with E-state index in [1.165, 1.54) is 16.0 Å². The quantitative estimate of drug-likeness (QED) is 0.770. The average Bonchev–Trinajstić information content (AvgIpc) is 3.12. The number of carboxylic acid groups (broad SMARTS) is 1. The Kier molecular flexibility index (Phi) is 2.94. The minimum atomic E-state index is -3.54. The SMILES string of the molecule is O=C(O)c1nn(-c2ccccc2)c2c1CS(=O)(=O)c1ccsc1-2. The second-order valence-electron chi connectivity index (χ2n) is 5.10. The lowest BCUT2D eigenvalue weighted by atomic mass is 10.1. The zero-order valence-electron chi connectivity index (χ0n) is 11.6. The number of hydrogen-bond acceptors (Lipinski definition) is 5. The summed E-state index contributed by atoms with van der Waals surface area (Å²) in [6.07, 6.45) is 0. The molecule has 3 aromatic rings. The van der Waals surface area contributed by atoms with Gasteiger partial charge in [0.15, 0.2) is 15.5 Å². The molecule has 4 rings (SSSR count). The van der Waals surface area contributed by atoms with Crippen molar-refractivity contribution >= 4 is 27.1 Å². The van der Waals surface area contributed by atoms with Gasteiger partial charge in [0.2, 0.25) is 0 Å². The van der Waals surface area contributed by atoms with Gasteiger partial charge in [-0.3, -0.25) is 0 Å². The molecule has 23 heavy (non-hydrogen) atoms. The highest BCUT2D eigenvalue weighted by molar-refractivity contribution is 7.91. The number of aromatic nitrogens is 2. The van der Waals surface area contributed by atoms with Crippen LogP contribution in [0.4, 0.5) is 0 Å². The summed E-state index contributed by atoms with van der Waals surface area (Å²) in [7, 11) is -3.54. The van der Waals surface area contributed by atoms with Crippen molar-refractivity contribution in [2.45, 2.75) is 10.6 Å². The fraction of sp³-hybridized carbons (Fsp3) is 0.0667. The molecule has 0 amide bonds. The van der Waals surface area contributed by atoms with E-state index in [0.29, 0.717) is 16.3 Å². The summed E-state index contributed by atoms with van der Waals surface area (Å²) >= 11 is 1.27. The van der Waals surface area contributed by atoms with Crippen LogP contribution < -0.4 is 0 Å². The van der Waals surface area contributed by atoms with Gasteiger partial charge in [0.25, 0.3) is 0 Å². The van der Waals surface area contributed by atoms with E-state index in [1.54, 1.807) is 23.6 Å². The van der Waals surface area contributed by atoms with Gasteiger partial charge < -0.3 is 5.11 Å². The topological polar surface area (TPSA) is 89.3 Å². The molecule has 0 unspecified atom stereocenters. The molecule has 3 heterocycles. The van der Waals surface area contributed by atoms with E-state index in [1.807, 2.05) is 18.2 Å². The number of benzene rings is 1. The molecule has 0 bridgehead atoms. The van der Waals surface area contributed by atoms with Crippen LogP contribution in [0, 0.1) is 0 Å². The Morgan fingerprint density at radius 1 is 1.22 bits per heavy atom. The van der Waals surface area contributed by atoms with E-state index >= 15 is 0 Å². The number of para-hydroxylation sites is 1. The maximum Gasteiger partial charge on any atom is 0.356 e. The van der Waals surface area contributed by atoms with Gasteiger partial charge in [-0.2, -0.15) is 5.10 Å². The summed E-state index contributed by atoms with van der Waals surface area (Å²) in [6, 6.07) is 10.6. The predicted octanol–water partition coefficient (Wildman–Crippen LogP) is 2.59. The number of fused-ring (bicyclic) bond motifs is 3. The van der Waals surface area contributed by atoms with E-state index < -0.39 is 15.8 Å². The maximum absolute atomic E-state index is 12.4. The van der Waals surface area contributed by atoms with E-state index in [9.17, 15) is 18.3 Å². The predicted molar refractivity (Wildman–Crippen MR) is 84.7 cm³/mol. The molecule has 1 aliphatic rings. The smallest absolute Gasteiger partial charge is 0.356 e. The second kappa shape index (κ2) is 4.77. The van der Waals surface area contributed by atoms with Crippen LogP contribution in [-0.4, -0.2) is 29.3 Å². The number of aromatic carboxylic acids is 1. The van der Waals surface area contributed by atoms with Gasteiger partial charge in [-0.1, -0.05) is 18.2 Å². The molecular formula is C15H10N2O4S2. The third kappa shape index (κ3) is 2.02. The lowest BCUT2D eigenvalue weighted by Gasteiger charge is -2.15. The highest BCUT2D eigenvalue weighted by Gasteiger charge is 2.36. The second-order valence-corrected chi connectivity index (χ2v) is 7.98. The van der Waals surface area contributed by atoms with Crippen molar-refractivity contribution < 1.29 is 18.3 Å². The Balaban J connectivity index is 2.10. The van der Waals surface area contributed by atoms with Crippen molar-refractivity contribution in [2.75, 3.05) is 0 Å². The Morgan fingerprint density at radius 2 is 1.96 bits per heavy atom. The average molecular weight is 346 g/mol. The summed E-state index contributed by atoms with van der Waals surface area (Å²) in [6.45, 7) is 0. The van der Waals surface area contributed by atoms with Crippen LogP contribution in [-0.2, 0) is 15.6 Å². The van der Waals surface area contributed by atoms with Crippen LogP contribution >= 0.6 is 11.3 Å². The van der Waals surface area contributed by atoms with Gasteiger partial charge in [0, 0.05) is 5.56 Å². The summed E-state index contributed by atoms with van der Waals surface area (Å²) < 4.78 is 26.3. The largest absolute Gasteiger partial charge is 0.476 e. The van der Waals surface area contributed by atoms with Crippen LogP contribution in [0.3, 0.4) is 0 Å². The molecule has 1 aromatic carbocycles. The molecular weight excluding hydrogens is 336 g/mol. The number of rotatable bonds is 2. The molecule has 6 nitrogen and oxygen atoms in total. The molecule has 0 spiro atoms. The van der Waals surface area contributed by atoms with Gasteiger partial charge in [0.1, 0.15) is 0 Å². The number of nitrogens with zero attached hydrogens (tertiary/aromatic N) is 2. The Bertz CT molecular complexity index is 1030. The Labute approximate surface area is 135 Å². The summed E-state index contributed by atoms with van der Waals surface area (Å²) in [5.74, 6) is -1.58. The van der Waals surface area contributed by atoms with Crippen LogP contribution in [0.5, 0.6) is 0 Å². The van der Waals surface area contributed by atoms with Crippen LogP contribution in [0.25, 0.3) is 16.3 Å². The first-order chi connectivity index (χ1) is 11.0. The first kappa shape index (κ1) is 14.2. The number of carbonyl (C=O) groups is 1. The van der Waals surface area contributed by atoms with Crippen molar-refractivity contribution in [3.63, 3.8) is 0 Å². The Hall–Kier alpha value is -2.45. The minimum absolute atomic E-state index is 0.216. The molecule has 116 valence electrons. The van der Waals surface area contributed by atoms with Gasteiger partial charge in [-0.05, 0) is 23.6 Å². The van der Waals surface area contributed by atoms with E-state index in [-0.39, 0.29) is 21.9 Å². The lowest BCUT2D eigenvalue weighted by molar-refractivity contribution is 0.0689. The van der Waals surface area contributed by atoms with Gasteiger partial charge in [-0.15, -0.1) is 11.3 Å². The fourth-order valence-electron chi connectivity index (χ4n) is 2.73. The molecule has 0 saturated heterocycles. The first-order valence-electron chi connectivity index (χ1n) is 6.70. The van der Waals surface area contributed by atoms with Crippen molar-refractivity contribution in [3.05, 3.63) is 53.0 Å².